The Morgan fingerprint density at radius 3 is 2.59 bits per heavy atom. The van der Waals surface area contributed by atoms with E-state index in [0.717, 1.165) is 19.3 Å². The van der Waals surface area contributed by atoms with Crippen LogP contribution in [0.1, 0.15) is 47.0 Å². The van der Waals surface area contributed by atoms with E-state index in [2.05, 4.69) is 33.8 Å². The molecule has 0 spiro atoms. The molecule has 0 aromatic rings. The minimum Gasteiger partial charge on any atom is -0.396 e. The number of fused-ring (bicyclic) bond motifs is 1. The number of allylic oxidation sites excluding steroid dienone is 1. The molecule has 4 atom stereocenters. The predicted molar refractivity (Wildman–Crippen MR) is 69.6 cm³/mol. The van der Waals surface area contributed by atoms with Gasteiger partial charge in [0.1, 0.15) is 0 Å². The van der Waals surface area contributed by atoms with E-state index in [1.807, 2.05) is 0 Å². The highest BCUT2D eigenvalue weighted by atomic mass is 16.3. The molecule has 0 amide bonds. The molecule has 0 aromatic heterocycles. The Hall–Kier alpha value is -0.340. The van der Waals surface area contributed by atoms with Gasteiger partial charge >= 0.3 is 0 Å². The predicted octanol–water partition coefficient (Wildman–Crippen LogP) is 2.75. The van der Waals surface area contributed by atoms with Gasteiger partial charge in [-0.3, -0.25) is 0 Å². The Labute approximate surface area is 105 Å². The second kappa shape index (κ2) is 4.10. The summed E-state index contributed by atoms with van der Waals surface area (Å²) in [5.41, 5.74) is 1.44. The number of aliphatic hydroxyl groups excluding tert-OH is 2. The topological polar surface area (TPSA) is 40.5 Å². The van der Waals surface area contributed by atoms with Gasteiger partial charge in [-0.2, -0.15) is 0 Å². The first-order chi connectivity index (χ1) is 7.84. The van der Waals surface area contributed by atoms with Crippen molar-refractivity contribution in [2.24, 2.45) is 22.7 Å². The van der Waals surface area contributed by atoms with E-state index in [-0.39, 0.29) is 29.5 Å². The molecule has 98 valence electrons. The number of hydrogen-bond acceptors (Lipinski definition) is 2. The van der Waals surface area contributed by atoms with Crippen LogP contribution in [0.4, 0.5) is 0 Å². The van der Waals surface area contributed by atoms with E-state index in [4.69, 9.17) is 0 Å². The SMILES string of the molecule is CC1=CC[C@H]2C(C)(C)[C@@H](O)CC[C@]2(C)[C@@H]1CO. The van der Waals surface area contributed by atoms with Crippen LogP contribution < -0.4 is 0 Å². The molecule has 2 aliphatic rings. The zero-order chi connectivity index (χ0) is 12.8. The zero-order valence-corrected chi connectivity index (χ0v) is 11.5. The van der Waals surface area contributed by atoms with Gasteiger partial charge in [-0.15, -0.1) is 0 Å². The fourth-order valence-corrected chi connectivity index (χ4v) is 4.38. The van der Waals surface area contributed by atoms with E-state index in [1.165, 1.54) is 5.57 Å². The van der Waals surface area contributed by atoms with Gasteiger partial charge in [-0.05, 0) is 42.9 Å². The minimum atomic E-state index is -0.202. The van der Waals surface area contributed by atoms with Crippen LogP contribution >= 0.6 is 0 Å². The lowest BCUT2D eigenvalue weighted by molar-refractivity contribution is -0.120. The highest BCUT2D eigenvalue weighted by Gasteiger charge is 2.54. The van der Waals surface area contributed by atoms with Crippen LogP contribution in [-0.4, -0.2) is 22.9 Å². The second-order valence-corrected chi connectivity index (χ2v) is 6.85. The van der Waals surface area contributed by atoms with Gasteiger partial charge in [0.25, 0.3) is 0 Å². The third kappa shape index (κ3) is 1.77. The summed E-state index contributed by atoms with van der Waals surface area (Å²) in [6.07, 6.45) is 5.00. The molecule has 2 nitrogen and oxygen atoms in total. The van der Waals surface area contributed by atoms with E-state index in [0.29, 0.717) is 5.92 Å². The number of hydrogen-bond donors (Lipinski definition) is 2. The normalized spacial score (nSPS) is 45.1. The van der Waals surface area contributed by atoms with Crippen molar-refractivity contribution in [1.29, 1.82) is 0 Å². The molecule has 1 fully saturated rings. The van der Waals surface area contributed by atoms with Crippen molar-refractivity contribution in [3.05, 3.63) is 11.6 Å². The van der Waals surface area contributed by atoms with E-state index in [1.54, 1.807) is 0 Å². The van der Waals surface area contributed by atoms with E-state index >= 15 is 0 Å². The third-order valence-corrected chi connectivity index (χ3v) is 5.71. The number of rotatable bonds is 1. The molecule has 0 aliphatic heterocycles. The second-order valence-electron chi connectivity index (χ2n) is 6.85. The monoisotopic (exact) mass is 238 g/mol. The van der Waals surface area contributed by atoms with Crippen molar-refractivity contribution in [3.8, 4) is 0 Å². The van der Waals surface area contributed by atoms with Crippen molar-refractivity contribution in [1.82, 2.24) is 0 Å². The zero-order valence-electron chi connectivity index (χ0n) is 11.5. The smallest absolute Gasteiger partial charge is 0.0594 e. The van der Waals surface area contributed by atoms with Gasteiger partial charge in [0.2, 0.25) is 0 Å². The summed E-state index contributed by atoms with van der Waals surface area (Å²) in [5.74, 6) is 0.743. The Bertz CT molecular complexity index is 332. The molecule has 2 heteroatoms. The summed E-state index contributed by atoms with van der Waals surface area (Å²) in [4.78, 5) is 0. The third-order valence-electron chi connectivity index (χ3n) is 5.71. The molecular formula is C15H26O2. The lowest BCUT2D eigenvalue weighted by atomic mass is 9.48. The van der Waals surface area contributed by atoms with Crippen LogP contribution in [0, 0.1) is 22.7 Å². The summed E-state index contributed by atoms with van der Waals surface area (Å²) >= 11 is 0. The maximum Gasteiger partial charge on any atom is 0.0594 e. The Morgan fingerprint density at radius 2 is 2.00 bits per heavy atom. The van der Waals surface area contributed by atoms with Crippen molar-refractivity contribution in [2.75, 3.05) is 6.61 Å². The Morgan fingerprint density at radius 1 is 1.35 bits per heavy atom. The molecular weight excluding hydrogens is 212 g/mol. The Balaban J connectivity index is 2.41. The molecule has 1 saturated carbocycles. The summed E-state index contributed by atoms with van der Waals surface area (Å²) in [6, 6.07) is 0. The fraction of sp³-hybridized carbons (Fsp3) is 0.867. The first-order valence-corrected chi connectivity index (χ1v) is 6.79. The molecule has 0 heterocycles. The standard InChI is InChI=1S/C15H26O2/c1-10-5-6-12-14(2,3)13(17)7-8-15(12,4)11(10)9-16/h5,11-13,16-17H,6-9H2,1-4H3/t11-,12+,13+,15-/m1/s1. The molecule has 0 aromatic carbocycles. The van der Waals surface area contributed by atoms with Crippen LogP contribution in [0.5, 0.6) is 0 Å². The lowest BCUT2D eigenvalue weighted by Crippen LogP contribution is -2.54. The summed E-state index contributed by atoms with van der Waals surface area (Å²) in [7, 11) is 0. The van der Waals surface area contributed by atoms with Gasteiger partial charge in [-0.1, -0.05) is 32.4 Å². The van der Waals surface area contributed by atoms with E-state index in [9.17, 15) is 10.2 Å². The molecule has 0 radical (unpaired) electrons. The molecule has 17 heavy (non-hydrogen) atoms. The van der Waals surface area contributed by atoms with Crippen molar-refractivity contribution >= 4 is 0 Å². The lowest BCUT2D eigenvalue weighted by Gasteiger charge is -2.58. The van der Waals surface area contributed by atoms with Crippen molar-refractivity contribution < 1.29 is 10.2 Å². The van der Waals surface area contributed by atoms with Crippen LogP contribution in [0.15, 0.2) is 11.6 Å². The molecule has 2 N–H and O–H groups in total. The summed E-state index contributed by atoms with van der Waals surface area (Å²) in [5, 5.41) is 19.9. The molecule has 0 unspecified atom stereocenters. The van der Waals surface area contributed by atoms with Crippen molar-refractivity contribution in [3.63, 3.8) is 0 Å². The average Bonchev–Trinajstić information content (AvgIpc) is 2.24. The first kappa shape index (κ1) is 13.1. The van der Waals surface area contributed by atoms with Crippen LogP contribution in [-0.2, 0) is 0 Å². The fourth-order valence-electron chi connectivity index (χ4n) is 4.38. The molecule has 0 bridgehead atoms. The summed E-state index contributed by atoms with van der Waals surface area (Å²) < 4.78 is 0. The van der Waals surface area contributed by atoms with Crippen LogP contribution in [0.2, 0.25) is 0 Å². The van der Waals surface area contributed by atoms with Gasteiger partial charge in [0, 0.05) is 5.92 Å². The van der Waals surface area contributed by atoms with Gasteiger partial charge in [0.15, 0.2) is 0 Å². The highest BCUT2D eigenvalue weighted by Crippen LogP contribution is 2.59. The van der Waals surface area contributed by atoms with Crippen LogP contribution in [0.3, 0.4) is 0 Å². The highest BCUT2D eigenvalue weighted by molar-refractivity contribution is 5.19. The molecule has 2 aliphatic carbocycles. The number of aliphatic hydroxyl groups is 2. The maximum atomic E-state index is 10.2. The Kier molecular flexibility index (Phi) is 3.16. The van der Waals surface area contributed by atoms with Gasteiger partial charge in [0.05, 0.1) is 12.7 Å². The summed E-state index contributed by atoms with van der Waals surface area (Å²) in [6.45, 7) is 9.05. The minimum absolute atomic E-state index is 0.0440. The van der Waals surface area contributed by atoms with Gasteiger partial charge in [-0.25, -0.2) is 0 Å². The molecule has 0 saturated heterocycles. The van der Waals surface area contributed by atoms with Crippen molar-refractivity contribution in [2.45, 2.75) is 53.1 Å². The largest absolute Gasteiger partial charge is 0.396 e. The maximum absolute atomic E-state index is 10.2. The first-order valence-electron chi connectivity index (χ1n) is 6.79. The van der Waals surface area contributed by atoms with E-state index < -0.39 is 0 Å². The average molecular weight is 238 g/mol. The van der Waals surface area contributed by atoms with Gasteiger partial charge < -0.3 is 10.2 Å². The molecule has 2 rings (SSSR count). The quantitative estimate of drug-likeness (QED) is 0.690. The van der Waals surface area contributed by atoms with Crippen LogP contribution in [0.25, 0.3) is 0 Å².